The van der Waals surface area contributed by atoms with Gasteiger partial charge in [-0.15, -0.1) is 12.3 Å². The first-order valence-electron chi connectivity index (χ1n) is 6.85. The van der Waals surface area contributed by atoms with Crippen molar-refractivity contribution in [1.29, 1.82) is 0 Å². The lowest BCUT2D eigenvalue weighted by molar-refractivity contribution is -0.127. The van der Waals surface area contributed by atoms with Crippen molar-refractivity contribution in [1.82, 2.24) is 9.88 Å². The lowest BCUT2D eigenvalue weighted by atomic mass is 10.1. The number of pyridine rings is 1. The molecule has 2 aromatic rings. The molecule has 3 nitrogen and oxygen atoms in total. The summed E-state index contributed by atoms with van der Waals surface area (Å²) in [6.07, 6.45) is 6.65. The molecule has 0 bridgehead atoms. The van der Waals surface area contributed by atoms with E-state index >= 15 is 0 Å². The Morgan fingerprint density at radius 2 is 2.15 bits per heavy atom. The molecule has 20 heavy (non-hydrogen) atoms. The number of para-hydroxylation sites is 1. The molecule has 1 atom stereocenters. The molecule has 0 aliphatic carbocycles. The van der Waals surface area contributed by atoms with Gasteiger partial charge in [-0.1, -0.05) is 24.3 Å². The fraction of sp³-hybridized carbons (Fsp3) is 0.294. The second-order valence-electron chi connectivity index (χ2n) is 5.15. The van der Waals surface area contributed by atoms with Crippen LogP contribution in [0.5, 0.6) is 0 Å². The highest BCUT2D eigenvalue weighted by atomic mass is 16.2. The Kier molecular flexibility index (Phi) is 3.39. The number of carbonyl (C=O) groups is 1. The first kappa shape index (κ1) is 12.7. The minimum atomic E-state index is 0.0760. The van der Waals surface area contributed by atoms with Gasteiger partial charge in [0.2, 0.25) is 5.91 Å². The van der Waals surface area contributed by atoms with E-state index in [1.807, 2.05) is 35.2 Å². The molecule has 0 radical (unpaired) electrons. The minimum Gasteiger partial charge on any atom is -0.341 e. The van der Waals surface area contributed by atoms with Crippen LogP contribution in [0, 0.1) is 18.3 Å². The van der Waals surface area contributed by atoms with Crippen LogP contribution in [-0.4, -0.2) is 28.9 Å². The summed E-state index contributed by atoms with van der Waals surface area (Å²) in [6, 6.07) is 12.2. The molecule has 1 aliphatic heterocycles. The predicted molar refractivity (Wildman–Crippen MR) is 79.0 cm³/mol. The highest BCUT2D eigenvalue weighted by Crippen LogP contribution is 2.17. The molecule has 0 saturated carbocycles. The van der Waals surface area contributed by atoms with Crippen LogP contribution in [0.1, 0.15) is 12.1 Å². The largest absolute Gasteiger partial charge is 0.341 e. The summed E-state index contributed by atoms with van der Waals surface area (Å²) in [5, 5.41) is 1.14. The van der Waals surface area contributed by atoms with Gasteiger partial charge in [-0.2, -0.15) is 0 Å². The number of hydrogen-bond acceptors (Lipinski definition) is 2. The average Bonchev–Trinajstić information content (AvgIpc) is 2.85. The fourth-order valence-corrected chi connectivity index (χ4v) is 2.60. The Morgan fingerprint density at radius 1 is 1.30 bits per heavy atom. The van der Waals surface area contributed by atoms with Crippen LogP contribution in [0.3, 0.4) is 0 Å². The van der Waals surface area contributed by atoms with E-state index in [4.69, 9.17) is 6.42 Å². The summed E-state index contributed by atoms with van der Waals surface area (Å²) in [4.78, 5) is 18.3. The summed E-state index contributed by atoms with van der Waals surface area (Å²) >= 11 is 0. The quantitative estimate of drug-likeness (QED) is 0.797. The smallest absolute Gasteiger partial charge is 0.223 e. The summed E-state index contributed by atoms with van der Waals surface area (Å²) in [5.41, 5.74) is 2.01. The molecular formula is C17H16N2O. The van der Waals surface area contributed by atoms with Gasteiger partial charge in [0.05, 0.1) is 5.52 Å². The first-order valence-corrected chi connectivity index (χ1v) is 6.85. The van der Waals surface area contributed by atoms with Gasteiger partial charge in [-0.05, 0) is 12.1 Å². The maximum absolute atomic E-state index is 11.8. The number of rotatable bonds is 3. The van der Waals surface area contributed by atoms with Crippen molar-refractivity contribution < 1.29 is 4.79 Å². The van der Waals surface area contributed by atoms with E-state index in [1.54, 1.807) is 0 Å². The lowest BCUT2D eigenvalue weighted by Crippen LogP contribution is -2.27. The molecule has 0 spiro atoms. The van der Waals surface area contributed by atoms with Crippen LogP contribution in [0.15, 0.2) is 36.4 Å². The van der Waals surface area contributed by atoms with Crippen molar-refractivity contribution in [3.8, 4) is 12.3 Å². The van der Waals surface area contributed by atoms with Crippen molar-refractivity contribution in [3.63, 3.8) is 0 Å². The fourth-order valence-electron chi connectivity index (χ4n) is 2.60. The molecule has 1 unspecified atom stereocenters. The van der Waals surface area contributed by atoms with Crippen molar-refractivity contribution in [2.24, 2.45) is 5.92 Å². The highest BCUT2D eigenvalue weighted by Gasteiger charge is 2.27. The Bertz CT molecular complexity index is 687. The second kappa shape index (κ2) is 5.34. The molecule has 0 N–H and O–H groups in total. The molecule has 3 rings (SSSR count). The van der Waals surface area contributed by atoms with Crippen LogP contribution >= 0.6 is 0 Å². The van der Waals surface area contributed by atoms with E-state index in [9.17, 15) is 4.79 Å². The number of hydrogen-bond donors (Lipinski definition) is 0. The summed E-state index contributed by atoms with van der Waals surface area (Å²) in [6.45, 7) is 1.38. The normalized spacial score (nSPS) is 18.4. The van der Waals surface area contributed by atoms with Crippen LogP contribution in [0.2, 0.25) is 0 Å². The Labute approximate surface area is 118 Å². The third kappa shape index (κ3) is 2.50. The van der Waals surface area contributed by atoms with Gasteiger partial charge in [-0.25, -0.2) is 0 Å². The van der Waals surface area contributed by atoms with Gasteiger partial charge in [0.15, 0.2) is 0 Å². The molecule has 1 amide bonds. The number of carbonyl (C=O) groups excluding carboxylic acids is 1. The van der Waals surface area contributed by atoms with Crippen LogP contribution in [0.25, 0.3) is 10.9 Å². The van der Waals surface area contributed by atoms with Gasteiger partial charge < -0.3 is 4.90 Å². The summed E-state index contributed by atoms with van der Waals surface area (Å²) in [7, 11) is 0. The maximum Gasteiger partial charge on any atom is 0.223 e. The monoisotopic (exact) mass is 264 g/mol. The van der Waals surface area contributed by atoms with Crippen LogP contribution < -0.4 is 0 Å². The van der Waals surface area contributed by atoms with Crippen LogP contribution in [-0.2, 0) is 11.2 Å². The SMILES string of the molecule is C#CC1CC(=O)N(CCc2ccc3ccccc3n2)C1. The lowest BCUT2D eigenvalue weighted by Gasteiger charge is -2.15. The molecule has 2 heterocycles. The average molecular weight is 264 g/mol. The Morgan fingerprint density at radius 3 is 2.95 bits per heavy atom. The molecule has 1 saturated heterocycles. The zero-order valence-electron chi connectivity index (χ0n) is 11.2. The van der Waals surface area contributed by atoms with E-state index in [0.717, 1.165) is 23.0 Å². The van der Waals surface area contributed by atoms with Crippen molar-refractivity contribution in [2.75, 3.05) is 13.1 Å². The molecule has 1 aliphatic rings. The van der Waals surface area contributed by atoms with E-state index in [0.29, 0.717) is 19.5 Å². The van der Waals surface area contributed by atoms with Crippen LogP contribution in [0.4, 0.5) is 0 Å². The number of likely N-dealkylation sites (tertiary alicyclic amines) is 1. The molecule has 100 valence electrons. The second-order valence-corrected chi connectivity index (χ2v) is 5.15. The van der Waals surface area contributed by atoms with Gasteiger partial charge in [0.25, 0.3) is 0 Å². The highest BCUT2D eigenvalue weighted by molar-refractivity contribution is 5.79. The number of fused-ring (bicyclic) bond motifs is 1. The van der Waals surface area contributed by atoms with Crippen molar-refractivity contribution in [3.05, 3.63) is 42.1 Å². The van der Waals surface area contributed by atoms with E-state index in [-0.39, 0.29) is 11.8 Å². The van der Waals surface area contributed by atoms with Gasteiger partial charge in [0.1, 0.15) is 0 Å². The number of aromatic nitrogens is 1. The summed E-state index contributed by atoms with van der Waals surface area (Å²) < 4.78 is 0. The van der Waals surface area contributed by atoms with E-state index in [1.165, 1.54) is 0 Å². The third-order valence-electron chi connectivity index (χ3n) is 3.74. The third-order valence-corrected chi connectivity index (χ3v) is 3.74. The predicted octanol–water partition coefficient (Wildman–Crippen LogP) is 2.26. The molecule has 3 heteroatoms. The van der Waals surface area contributed by atoms with Crippen molar-refractivity contribution >= 4 is 16.8 Å². The Hall–Kier alpha value is -2.34. The zero-order chi connectivity index (χ0) is 13.9. The van der Waals surface area contributed by atoms with Gasteiger partial charge >= 0.3 is 0 Å². The molecule has 1 aromatic carbocycles. The minimum absolute atomic E-state index is 0.0760. The zero-order valence-corrected chi connectivity index (χ0v) is 11.2. The molecule has 1 aromatic heterocycles. The Balaban J connectivity index is 1.68. The van der Waals surface area contributed by atoms with Crippen molar-refractivity contribution in [2.45, 2.75) is 12.8 Å². The number of nitrogens with zero attached hydrogens (tertiary/aromatic N) is 2. The van der Waals surface area contributed by atoms with E-state index < -0.39 is 0 Å². The van der Waals surface area contributed by atoms with E-state index in [2.05, 4.69) is 17.0 Å². The topological polar surface area (TPSA) is 33.2 Å². The maximum atomic E-state index is 11.8. The number of benzene rings is 1. The van der Waals surface area contributed by atoms with Gasteiger partial charge in [-0.3, -0.25) is 9.78 Å². The molecule has 1 fully saturated rings. The first-order chi connectivity index (χ1) is 9.76. The number of terminal acetylenes is 1. The standard InChI is InChI=1S/C17H16N2O/c1-2-13-11-17(20)19(12-13)10-9-15-8-7-14-5-3-4-6-16(14)18-15/h1,3-8,13H,9-12H2. The molecular weight excluding hydrogens is 248 g/mol. The number of amides is 1. The van der Waals surface area contributed by atoms with Gasteiger partial charge in [0, 0.05) is 42.9 Å². The summed E-state index contributed by atoms with van der Waals surface area (Å²) in [5.74, 6) is 2.91.